The van der Waals surface area contributed by atoms with E-state index in [0.29, 0.717) is 6.42 Å². The minimum absolute atomic E-state index is 0.231. The molecule has 6 atom stereocenters. The fourth-order valence-corrected chi connectivity index (χ4v) is 5.92. The van der Waals surface area contributed by atoms with Gasteiger partial charge in [-0.3, -0.25) is 9.59 Å². The first kappa shape index (κ1) is 34.1. The van der Waals surface area contributed by atoms with Crippen LogP contribution in [0.4, 0.5) is 0 Å². The van der Waals surface area contributed by atoms with Crippen molar-refractivity contribution >= 4 is 11.9 Å². The summed E-state index contributed by atoms with van der Waals surface area (Å²) in [5, 5.41) is 2.94. The van der Waals surface area contributed by atoms with Crippen LogP contribution >= 0.6 is 0 Å². The van der Waals surface area contributed by atoms with Crippen molar-refractivity contribution in [1.29, 1.82) is 0 Å². The molecule has 1 N–H and O–H groups in total. The third-order valence-electron chi connectivity index (χ3n) is 8.29. The second-order valence-corrected chi connectivity index (χ2v) is 12.0. The molecular weight excluding hydrogens is 558 g/mol. The number of hydrogen-bond donors (Lipinski definition) is 1. The zero-order chi connectivity index (χ0) is 31.0. The molecule has 2 aromatic rings. The van der Waals surface area contributed by atoms with E-state index in [1.165, 1.54) is 58.3 Å². The normalized spacial score (nSPS) is 24.8. The molecule has 2 aromatic carbocycles. The second-order valence-electron chi connectivity index (χ2n) is 12.0. The number of esters is 1. The second kappa shape index (κ2) is 18.9. The van der Waals surface area contributed by atoms with Crippen LogP contribution in [0.25, 0.3) is 0 Å². The average Bonchev–Trinajstić information content (AvgIpc) is 3.04. The number of benzene rings is 2. The number of rotatable bonds is 18. The molecule has 8 nitrogen and oxygen atoms in total. The number of fused-ring (bicyclic) bond motifs is 1. The Balaban J connectivity index is 1.36. The van der Waals surface area contributed by atoms with Crippen molar-refractivity contribution in [2.45, 2.75) is 134 Å². The number of ether oxygens (including phenoxy) is 5. The van der Waals surface area contributed by atoms with Gasteiger partial charge in [0.25, 0.3) is 0 Å². The summed E-state index contributed by atoms with van der Waals surface area (Å²) < 4.78 is 31.1. The van der Waals surface area contributed by atoms with Crippen LogP contribution in [-0.2, 0) is 39.9 Å². The molecule has 0 spiro atoms. The van der Waals surface area contributed by atoms with Gasteiger partial charge in [-0.15, -0.1) is 0 Å². The molecule has 2 saturated heterocycles. The van der Waals surface area contributed by atoms with Crippen molar-refractivity contribution in [3.63, 3.8) is 0 Å². The summed E-state index contributed by atoms with van der Waals surface area (Å²) >= 11 is 0. The van der Waals surface area contributed by atoms with E-state index in [0.717, 1.165) is 30.4 Å². The largest absolute Gasteiger partial charge is 0.457 e. The molecule has 0 aromatic heterocycles. The van der Waals surface area contributed by atoms with Gasteiger partial charge < -0.3 is 29.0 Å². The lowest BCUT2D eigenvalue weighted by Gasteiger charge is -2.48. The molecule has 2 heterocycles. The summed E-state index contributed by atoms with van der Waals surface area (Å²) in [5.74, 6) is -0.585. The third kappa shape index (κ3) is 11.0. The summed E-state index contributed by atoms with van der Waals surface area (Å²) in [6, 6.07) is 18.6. The fourth-order valence-electron chi connectivity index (χ4n) is 5.92. The molecule has 2 aliphatic rings. The van der Waals surface area contributed by atoms with E-state index < -0.39 is 36.9 Å². The highest BCUT2D eigenvalue weighted by Gasteiger charge is 2.52. The van der Waals surface area contributed by atoms with E-state index in [9.17, 15) is 9.59 Å². The van der Waals surface area contributed by atoms with E-state index in [4.69, 9.17) is 23.7 Å². The first-order valence-electron chi connectivity index (χ1n) is 16.6. The van der Waals surface area contributed by atoms with Gasteiger partial charge in [0.15, 0.2) is 18.7 Å². The van der Waals surface area contributed by atoms with Crippen molar-refractivity contribution in [1.82, 2.24) is 5.32 Å². The summed E-state index contributed by atoms with van der Waals surface area (Å²) in [4.78, 5) is 25.6. The molecular formula is C36H51NO7. The van der Waals surface area contributed by atoms with Crippen LogP contribution in [-0.4, -0.2) is 49.1 Å². The standard InChI is InChI=1S/C36H51NO7/c1-3-4-5-6-7-8-9-10-11-12-19-24-31(39)43-34-32(37-27(2)38)36(40-25-28-20-15-13-16-21-28)42-30-26-41-35(44-33(30)34)29-22-17-14-18-23-29/h13-18,20-23,30,32-36H,3-12,19,24-26H2,1-2H3,(H,37,38)/t30-,32-,33+,34-,35+,36+/m0/s1. The maximum atomic E-state index is 13.2. The summed E-state index contributed by atoms with van der Waals surface area (Å²) in [5.41, 5.74) is 1.82. The highest BCUT2D eigenvalue weighted by Crippen LogP contribution is 2.36. The Hall–Kier alpha value is -2.78. The SMILES string of the molecule is CCCCCCCCCCCCCC(=O)O[C@H]1[C@H](NC(C)=O)[C@H](OCc2ccccc2)O[C@H]2CO[C@@H](c3ccccc3)O[C@@H]12. The van der Waals surface area contributed by atoms with Crippen molar-refractivity contribution < 1.29 is 33.3 Å². The number of unbranched alkanes of at least 4 members (excludes halogenated alkanes) is 10. The van der Waals surface area contributed by atoms with Gasteiger partial charge in [-0.2, -0.15) is 0 Å². The van der Waals surface area contributed by atoms with Gasteiger partial charge in [0.2, 0.25) is 5.91 Å². The Labute approximate surface area is 263 Å². The molecule has 2 fully saturated rings. The first-order valence-corrected chi connectivity index (χ1v) is 16.6. The third-order valence-corrected chi connectivity index (χ3v) is 8.29. The van der Waals surface area contributed by atoms with Gasteiger partial charge in [-0.05, 0) is 12.0 Å². The van der Waals surface area contributed by atoms with Crippen LogP contribution in [0.2, 0.25) is 0 Å². The van der Waals surface area contributed by atoms with Crippen LogP contribution in [0.1, 0.15) is 108 Å². The molecule has 1 amide bonds. The van der Waals surface area contributed by atoms with Crippen LogP contribution in [0.15, 0.2) is 60.7 Å². The van der Waals surface area contributed by atoms with Crippen molar-refractivity contribution in [3.05, 3.63) is 71.8 Å². The lowest BCUT2D eigenvalue weighted by molar-refractivity contribution is -0.346. The number of amides is 1. The monoisotopic (exact) mass is 609 g/mol. The lowest BCUT2D eigenvalue weighted by atomic mass is 9.95. The van der Waals surface area contributed by atoms with Crippen LogP contribution in [0, 0.1) is 0 Å². The lowest BCUT2D eigenvalue weighted by Crippen LogP contribution is -2.67. The summed E-state index contributed by atoms with van der Waals surface area (Å²) in [7, 11) is 0. The minimum atomic E-state index is -0.861. The average molecular weight is 610 g/mol. The van der Waals surface area contributed by atoms with Gasteiger partial charge in [0.05, 0.1) is 13.2 Å². The van der Waals surface area contributed by atoms with Crippen LogP contribution in [0.5, 0.6) is 0 Å². The number of carbonyl (C=O) groups excluding carboxylic acids is 2. The Morgan fingerprint density at radius 3 is 2.07 bits per heavy atom. The van der Waals surface area contributed by atoms with E-state index in [1.54, 1.807) is 0 Å². The number of carbonyl (C=O) groups is 2. The molecule has 0 bridgehead atoms. The highest BCUT2D eigenvalue weighted by molar-refractivity contribution is 5.73. The topological polar surface area (TPSA) is 92.3 Å². The van der Waals surface area contributed by atoms with Crippen LogP contribution in [0.3, 0.4) is 0 Å². The highest BCUT2D eigenvalue weighted by atomic mass is 16.8. The predicted octanol–water partition coefficient (Wildman–Crippen LogP) is 7.16. The maximum absolute atomic E-state index is 13.2. The zero-order valence-electron chi connectivity index (χ0n) is 26.5. The van der Waals surface area contributed by atoms with Gasteiger partial charge in [-0.25, -0.2) is 0 Å². The Kier molecular flexibility index (Phi) is 14.6. The maximum Gasteiger partial charge on any atom is 0.306 e. The van der Waals surface area contributed by atoms with Crippen LogP contribution < -0.4 is 5.32 Å². The van der Waals surface area contributed by atoms with Crippen molar-refractivity contribution in [3.8, 4) is 0 Å². The molecule has 44 heavy (non-hydrogen) atoms. The predicted molar refractivity (Wildman–Crippen MR) is 168 cm³/mol. The Morgan fingerprint density at radius 2 is 1.43 bits per heavy atom. The molecule has 0 aliphatic carbocycles. The van der Waals surface area contributed by atoms with E-state index in [2.05, 4.69) is 12.2 Å². The Bertz CT molecular complexity index is 1100. The van der Waals surface area contributed by atoms with Gasteiger partial charge in [0.1, 0.15) is 18.2 Å². The van der Waals surface area contributed by atoms with Gasteiger partial charge >= 0.3 is 5.97 Å². The summed E-state index contributed by atoms with van der Waals surface area (Å²) in [6.45, 7) is 4.18. The summed E-state index contributed by atoms with van der Waals surface area (Å²) in [6.07, 6.45) is 10.1. The van der Waals surface area contributed by atoms with E-state index in [1.807, 2.05) is 60.7 Å². The Morgan fingerprint density at radius 1 is 0.818 bits per heavy atom. The zero-order valence-corrected chi connectivity index (χ0v) is 26.5. The number of hydrogen-bond acceptors (Lipinski definition) is 7. The van der Waals surface area contributed by atoms with E-state index >= 15 is 0 Å². The number of nitrogens with one attached hydrogen (secondary N) is 1. The van der Waals surface area contributed by atoms with Gasteiger partial charge in [0, 0.05) is 18.9 Å². The van der Waals surface area contributed by atoms with Crippen molar-refractivity contribution in [2.24, 2.45) is 0 Å². The van der Waals surface area contributed by atoms with Crippen molar-refractivity contribution in [2.75, 3.05) is 6.61 Å². The van der Waals surface area contributed by atoms with E-state index in [-0.39, 0.29) is 25.1 Å². The molecule has 0 unspecified atom stereocenters. The molecule has 4 rings (SSSR count). The molecule has 8 heteroatoms. The molecule has 0 radical (unpaired) electrons. The molecule has 0 saturated carbocycles. The van der Waals surface area contributed by atoms with Gasteiger partial charge in [-0.1, -0.05) is 132 Å². The molecule has 2 aliphatic heterocycles. The smallest absolute Gasteiger partial charge is 0.306 e. The first-order chi connectivity index (χ1) is 21.5. The molecule has 242 valence electrons. The minimum Gasteiger partial charge on any atom is -0.457 e. The fraction of sp³-hybridized carbons (Fsp3) is 0.611. The quantitative estimate of drug-likeness (QED) is 0.142.